The van der Waals surface area contributed by atoms with Crippen LogP contribution in [0, 0.1) is 0 Å². The zero-order chi connectivity index (χ0) is 16.1. The van der Waals surface area contributed by atoms with Gasteiger partial charge in [-0.1, -0.05) is 30.3 Å². The van der Waals surface area contributed by atoms with Crippen LogP contribution in [0.15, 0.2) is 54.9 Å². The summed E-state index contributed by atoms with van der Waals surface area (Å²) in [4.78, 5) is 8.90. The standard InChI is InChI=1S/C18H20N4O/c1-19-12-18-21-11-17(22(18)2)16-9-8-15(10-20-16)23-13-14-6-4-3-5-7-14/h3-11,19H,12-13H2,1-2H3. The Morgan fingerprint density at radius 3 is 2.57 bits per heavy atom. The number of nitrogens with zero attached hydrogens (tertiary/aromatic N) is 3. The van der Waals surface area contributed by atoms with Crippen molar-refractivity contribution in [3.63, 3.8) is 0 Å². The smallest absolute Gasteiger partial charge is 0.138 e. The van der Waals surface area contributed by atoms with Crippen LogP contribution in [-0.2, 0) is 20.2 Å². The van der Waals surface area contributed by atoms with Crippen molar-refractivity contribution in [2.45, 2.75) is 13.2 Å². The summed E-state index contributed by atoms with van der Waals surface area (Å²) in [5, 5.41) is 3.11. The van der Waals surface area contributed by atoms with E-state index in [2.05, 4.69) is 15.3 Å². The van der Waals surface area contributed by atoms with Gasteiger partial charge in [0.05, 0.1) is 30.3 Å². The first-order valence-electron chi connectivity index (χ1n) is 7.56. The molecule has 0 aliphatic heterocycles. The van der Waals surface area contributed by atoms with E-state index in [0.29, 0.717) is 6.61 Å². The molecule has 0 saturated heterocycles. The van der Waals surface area contributed by atoms with Crippen molar-refractivity contribution in [1.82, 2.24) is 19.9 Å². The lowest BCUT2D eigenvalue weighted by Gasteiger charge is -2.08. The monoisotopic (exact) mass is 308 g/mol. The van der Waals surface area contributed by atoms with Gasteiger partial charge in [-0.2, -0.15) is 0 Å². The van der Waals surface area contributed by atoms with Crippen LogP contribution in [-0.4, -0.2) is 21.6 Å². The van der Waals surface area contributed by atoms with Gasteiger partial charge in [0, 0.05) is 7.05 Å². The third-order valence-electron chi connectivity index (χ3n) is 3.67. The summed E-state index contributed by atoms with van der Waals surface area (Å²) in [5.74, 6) is 1.74. The van der Waals surface area contributed by atoms with Crippen LogP contribution in [0.1, 0.15) is 11.4 Å². The molecule has 2 aromatic heterocycles. The van der Waals surface area contributed by atoms with Gasteiger partial charge in [0.2, 0.25) is 0 Å². The van der Waals surface area contributed by atoms with Crippen LogP contribution < -0.4 is 10.1 Å². The van der Waals surface area contributed by atoms with Gasteiger partial charge in [0.25, 0.3) is 0 Å². The molecule has 0 aliphatic carbocycles. The molecule has 0 radical (unpaired) electrons. The molecule has 23 heavy (non-hydrogen) atoms. The largest absolute Gasteiger partial charge is 0.487 e. The molecule has 0 atom stereocenters. The van der Waals surface area contributed by atoms with E-state index in [1.165, 1.54) is 0 Å². The van der Waals surface area contributed by atoms with Gasteiger partial charge in [-0.3, -0.25) is 4.98 Å². The molecule has 3 rings (SSSR count). The number of aromatic nitrogens is 3. The van der Waals surface area contributed by atoms with Crippen LogP contribution in [0.4, 0.5) is 0 Å². The van der Waals surface area contributed by atoms with E-state index < -0.39 is 0 Å². The molecule has 0 bridgehead atoms. The van der Waals surface area contributed by atoms with Crippen molar-refractivity contribution in [2.75, 3.05) is 7.05 Å². The minimum Gasteiger partial charge on any atom is -0.487 e. The Morgan fingerprint density at radius 1 is 1.04 bits per heavy atom. The van der Waals surface area contributed by atoms with Crippen LogP contribution in [0.3, 0.4) is 0 Å². The molecule has 0 amide bonds. The second-order valence-corrected chi connectivity index (χ2v) is 5.30. The van der Waals surface area contributed by atoms with E-state index in [1.807, 2.05) is 67.3 Å². The molecule has 2 heterocycles. The quantitative estimate of drug-likeness (QED) is 0.761. The fourth-order valence-corrected chi connectivity index (χ4v) is 2.37. The van der Waals surface area contributed by atoms with Crippen LogP contribution >= 0.6 is 0 Å². The molecule has 0 saturated carbocycles. The molecule has 5 nitrogen and oxygen atoms in total. The van der Waals surface area contributed by atoms with E-state index in [-0.39, 0.29) is 0 Å². The van der Waals surface area contributed by atoms with Gasteiger partial charge in [-0.05, 0) is 24.7 Å². The Bertz CT molecular complexity index is 750. The van der Waals surface area contributed by atoms with Crippen molar-refractivity contribution in [3.05, 3.63) is 66.2 Å². The fraction of sp³-hybridized carbons (Fsp3) is 0.222. The summed E-state index contributed by atoms with van der Waals surface area (Å²) in [5.41, 5.74) is 3.01. The minimum atomic E-state index is 0.542. The molecular formula is C18H20N4O. The number of hydrogen-bond acceptors (Lipinski definition) is 4. The first kappa shape index (κ1) is 15.2. The topological polar surface area (TPSA) is 52.0 Å². The van der Waals surface area contributed by atoms with Gasteiger partial charge in [0.15, 0.2) is 0 Å². The molecular weight excluding hydrogens is 288 g/mol. The highest BCUT2D eigenvalue weighted by molar-refractivity contribution is 5.54. The second-order valence-electron chi connectivity index (χ2n) is 5.30. The zero-order valence-electron chi connectivity index (χ0n) is 13.4. The first-order valence-corrected chi connectivity index (χ1v) is 7.56. The maximum atomic E-state index is 5.76. The first-order chi connectivity index (χ1) is 11.3. The van der Waals surface area contributed by atoms with Gasteiger partial charge in [-0.15, -0.1) is 0 Å². The van der Waals surface area contributed by atoms with Crippen LogP contribution in [0.5, 0.6) is 5.75 Å². The third-order valence-corrected chi connectivity index (χ3v) is 3.67. The van der Waals surface area contributed by atoms with E-state index in [1.54, 1.807) is 6.20 Å². The van der Waals surface area contributed by atoms with Crippen molar-refractivity contribution in [3.8, 4) is 17.1 Å². The number of pyridine rings is 1. The molecule has 1 N–H and O–H groups in total. The summed E-state index contributed by atoms with van der Waals surface area (Å²) < 4.78 is 7.81. The summed E-state index contributed by atoms with van der Waals surface area (Å²) in [6.07, 6.45) is 3.60. The molecule has 0 aliphatic rings. The summed E-state index contributed by atoms with van der Waals surface area (Å²) in [6, 6.07) is 14.0. The Hall–Kier alpha value is -2.66. The fourth-order valence-electron chi connectivity index (χ4n) is 2.37. The summed E-state index contributed by atoms with van der Waals surface area (Å²) in [7, 11) is 3.90. The predicted molar refractivity (Wildman–Crippen MR) is 90.0 cm³/mol. The molecule has 118 valence electrons. The normalized spacial score (nSPS) is 10.7. The molecule has 1 aromatic carbocycles. The molecule has 0 unspecified atom stereocenters. The zero-order valence-corrected chi connectivity index (χ0v) is 13.4. The third kappa shape index (κ3) is 3.57. The van der Waals surface area contributed by atoms with Gasteiger partial charge < -0.3 is 14.6 Å². The second kappa shape index (κ2) is 7.07. The van der Waals surface area contributed by atoms with E-state index in [9.17, 15) is 0 Å². The van der Waals surface area contributed by atoms with E-state index in [4.69, 9.17) is 4.74 Å². The predicted octanol–water partition coefficient (Wildman–Crippen LogP) is 2.78. The van der Waals surface area contributed by atoms with E-state index in [0.717, 1.165) is 35.1 Å². The highest BCUT2D eigenvalue weighted by Gasteiger charge is 2.09. The number of imidazole rings is 1. The maximum absolute atomic E-state index is 5.76. The SMILES string of the molecule is CNCc1ncc(-c2ccc(OCc3ccccc3)cn2)n1C. The van der Waals surface area contributed by atoms with Crippen molar-refractivity contribution in [2.24, 2.45) is 7.05 Å². The number of hydrogen-bond donors (Lipinski definition) is 1. The van der Waals surface area contributed by atoms with Gasteiger partial charge >= 0.3 is 0 Å². The van der Waals surface area contributed by atoms with Crippen molar-refractivity contribution >= 4 is 0 Å². The molecule has 5 heteroatoms. The minimum absolute atomic E-state index is 0.542. The summed E-state index contributed by atoms with van der Waals surface area (Å²) >= 11 is 0. The molecule has 3 aromatic rings. The lowest BCUT2D eigenvalue weighted by atomic mass is 10.2. The Kier molecular flexibility index (Phi) is 4.68. The number of ether oxygens (including phenoxy) is 1. The molecule has 0 spiro atoms. The number of nitrogens with one attached hydrogen (secondary N) is 1. The van der Waals surface area contributed by atoms with E-state index >= 15 is 0 Å². The lowest BCUT2D eigenvalue weighted by molar-refractivity contribution is 0.305. The van der Waals surface area contributed by atoms with Crippen molar-refractivity contribution in [1.29, 1.82) is 0 Å². The van der Waals surface area contributed by atoms with Crippen molar-refractivity contribution < 1.29 is 4.74 Å². The highest BCUT2D eigenvalue weighted by Crippen LogP contribution is 2.20. The van der Waals surface area contributed by atoms with Gasteiger partial charge in [-0.25, -0.2) is 4.98 Å². The summed E-state index contributed by atoms with van der Waals surface area (Å²) in [6.45, 7) is 1.27. The average molecular weight is 308 g/mol. The van der Waals surface area contributed by atoms with Crippen LogP contribution in [0.2, 0.25) is 0 Å². The number of rotatable bonds is 6. The van der Waals surface area contributed by atoms with Crippen LogP contribution in [0.25, 0.3) is 11.4 Å². The maximum Gasteiger partial charge on any atom is 0.138 e. The Morgan fingerprint density at radius 2 is 1.87 bits per heavy atom. The highest BCUT2D eigenvalue weighted by atomic mass is 16.5. The Labute approximate surface area is 136 Å². The average Bonchev–Trinajstić information content (AvgIpc) is 2.96. The number of benzene rings is 1. The Balaban J connectivity index is 1.69. The van der Waals surface area contributed by atoms with Gasteiger partial charge in [0.1, 0.15) is 18.2 Å². The lowest BCUT2D eigenvalue weighted by Crippen LogP contribution is -2.10. The molecule has 0 fully saturated rings.